The van der Waals surface area contributed by atoms with Crippen molar-refractivity contribution in [1.29, 1.82) is 0 Å². The van der Waals surface area contributed by atoms with E-state index < -0.39 is 0 Å². The molecule has 2 aliphatic rings. The Kier molecular flexibility index (Phi) is 2.09. The van der Waals surface area contributed by atoms with Gasteiger partial charge in [0.25, 0.3) is 0 Å². The molecule has 0 saturated heterocycles. The van der Waals surface area contributed by atoms with E-state index in [-0.39, 0.29) is 11.6 Å². The highest BCUT2D eigenvalue weighted by molar-refractivity contribution is 6.13. The fourth-order valence-electron chi connectivity index (χ4n) is 2.53. The van der Waals surface area contributed by atoms with Crippen molar-refractivity contribution in [2.75, 3.05) is 0 Å². The molecule has 4 rings (SSSR count). The summed E-state index contributed by atoms with van der Waals surface area (Å²) in [5.41, 5.74) is 2.09. The van der Waals surface area contributed by atoms with Crippen LogP contribution in [0.25, 0.3) is 12.2 Å². The number of benzene rings is 1. The minimum Gasteiger partial charge on any atom is -0.289 e. The first-order valence-corrected chi connectivity index (χ1v) is 6.18. The Morgan fingerprint density at radius 2 is 1.70 bits per heavy atom. The molecule has 4 nitrogen and oxygen atoms in total. The second-order valence-electron chi connectivity index (χ2n) is 4.68. The molecule has 1 heterocycles. The van der Waals surface area contributed by atoms with Crippen LogP contribution in [0.3, 0.4) is 0 Å². The van der Waals surface area contributed by atoms with Crippen molar-refractivity contribution in [2.45, 2.75) is 0 Å². The SMILES string of the molecule is O=C1C=CC=c2cc3c(cc21)=Cc1nccnc1C3=O. The maximum absolute atomic E-state index is 12.4. The van der Waals surface area contributed by atoms with Crippen molar-refractivity contribution >= 4 is 23.7 Å². The van der Waals surface area contributed by atoms with Gasteiger partial charge < -0.3 is 0 Å². The lowest BCUT2D eigenvalue weighted by atomic mass is 9.92. The number of rotatable bonds is 0. The Morgan fingerprint density at radius 1 is 0.900 bits per heavy atom. The number of hydrogen-bond donors (Lipinski definition) is 0. The monoisotopic (exact) mass is 260 g/mol. The zero-order valence-electron chi connectivity index (χ0n) is 10.3. The van der Waals surface area contributed by atoms with Gasteiger partial charge in [-0.1, -0.05) is 12.2 Å². The minimum absolute atomic E-state index is 0.0453. The van der Waals surface area contributed by atoms with E-state index in [0.29, 0.717) is 22.5 Å². The molecular formula is C16H8N2O2. The van der Waals surface area contributed by atoms with Gasteiger partial charge in [0, 0.05) is 23.5 Å². The summed E-state index contributed by atoms with van der Waals surface area (Å²) in [6, 6.07) is 3.50. The third-order valence-electron chi connectivity index (χ3n) is 3.49. The summed E-state index contributed by atoms with van der Waals surface area (Å²) in [6.07, 6.45) is 9.90. The summed E-state index contributed by atoms with van der Waals surface area (Å²) < 4.78 is 0. The molecule has 1 aromatic carbocycles. The van der Waals surface area contributed by atoms with E-state index in [1.807, 2.05) is 6.08 Å². The van der Waals surface area contributed by atoms with Crippen LogP contribution in [0, 0.1) is 0 Å². The first-order chi connectivity index (χ1) is 9.74. The van der Waals surface area contributed by atoms with Crippen molar-refractivity contribution < 1.29 is 9.59 Å². The topological polar surface area (TPSA) is 59.9 Å². The molecule has 2 aliphatic carbocycles. The minimum atomic E-state index is -0.149. The Labute approximate surface area is 113 Å². The smallest absolute Gasteiger partial charge is 0.214 e. The predicted octanol–water partition coefficient (Wildman–Crippen LogP) is 0.383. The molecule has 0 amide bonds. The van der Waals surface area contributed by atoms with E-state index in [1.165, 1.54) is 12.3 Å². The van der Waals surface area contributed by atoms with Gasteiger partial charge in [-0.3, -0.25) is 14.6 Å². The number of ketones is 2. The molecule has 0 fully saturated rings. The van der Waals surface area contributed by atoms with Crippen LogP contribution < -0.4 is 10.4 Å². The second kappa shape index (κ2) is 3.81. The maximum Gasteiger partial charge on any atom is 0.214 e. The van der Waals surface area contributed by atoms with Crippen molar-refractivity contribution in [1.82, 2.24) is 9.97 Å². The molecular weight excluding hydrogens is 252 g/mol. The highest BCUT2D eigenvalue weighted by atomic mass is 16.1. The lowest BCUT2D eigenvalue weighted by Crippen LogP contribution is -2.30. The lowest BCUT2D eigenvalue weighted by Gasteiger charge is -2.12. The number of hydrogen-bond acceptors (Lipinski definition) is 4. The molecule has 1 aromatic heterocycles. The van der Waals surface area contributed by atoms with Crippen LogP contribution in [-0.4, -0.2) is 21.5 Å². The average molecular weight is 260 g/mol. The molecule has 20 heavy (non-hydrogen) atoms. The van der Waals surface area contributed by atoms with Gasteiger partial charge in [0.2, 0.25) is 5.78 Å². The molecule has 0 atom stereocenters. The van der Waals surface area contributed by atoms with Gasteiger partial charge >= 0.3 is 0 Å². The first-order valence-electron chi connectivity index (χ1n) is 6.18. The molecule has 2 aromatic rings. The summed E-state index contributed by atoms with van der Waals surface area (Å²) in [4.78, 5) is 32.5. The number of carbonyl (C=O) groups excluding carboxylic acids is 2. The zero-order valence-corrected chi connectivity index (χ0v) is 10.3. The van der Waals surface area contributed by atoms with Crippen LogP contribution in [0.4, 0.5) is 0 Å². The van der Waals surface area contributed by atoms with Gasteiger partial charge in [-0.05, 0) is 34.7 Å². The number of carbonyl (C=O) groups is 2. The third kappa shape index (κ3) is 1.42. The summed E-state index contributed by atoms with van der Waals surface area (Å²) in [5.74, 6) is -0.195. The van der Waals surface area contributed by atoms with Crippen molar-refractivity contribution in [3.05, 3.63) is 69.6 Å². The molecule has 0 spiro atoms. The highest BCUT2D eigenvalue weighted by Gasteiger charge is 2.22. The standard InChI is InChI=1S/C16H8N2O2/c19-14-3-1-2-9-6-12-10(7-11(9)14)8-13-15(16(12)20)18-5-4-17-13/h1-8H. The van der Waals surface area contributed by atoms with E-state index in [4.69, 9.17) is 0 Å². The quantitative estimate of drug-likeness (QED) is 0.586. The molecule has 94 valence electrons. The lowest BCUT2D eigenvalue weighted by molar-refractivity contribution is 0.102. The molecule has 0 aliphatic heterocycles. The maximum atomic E-state index is 12.4. The van der Waals surface area contributed by atoms with Gasteiger partial charge in [0.1, 0.15) is 5.69 Å². The Bertz CT molecular complexity index is 939. The summed E-state index contributed by atoms with van der Waals surface area (Å²) >= 11 is 0. The molecule has 0 bridgehead atoms. The number of nitrogens with zero attached hydrogens (tertiary/aromatic N) is 2. The molecule has 4 heteroatoms. The summed E-state index contributed by atoms with van der Waals surface area (Å²) in [7, 11) is 0. The normalized spacial score (nSPS) is 14.8. The Morgan fingerprint density at radius 3 is 2.60 bits per heavy atom. The van der Waals surface area contributed by atoms with Gasteiger partial charge in [-0.2, -0.15) is 0 Å². The fourth-order valence-corrected chi connectivity index (χ4v) is 2.53. The van der Waals surface area contributed by atoms with E-state index in [9.17, 15) is 9.59 Å². The van der Waals surface area contributed by atoms with Crippen LogP contribution >= 0.6 is 0 Å². The van der Waals surface area contributed by atoms with Crippen molar-refractivity contribution in [3.63, 3.8) is 0 Å². The number of allylic oxidation sites excluding steroid dienone is 2. The van der Waals surface area contributed by atoms with E-state index in [0.717, 1.165) is 10.4 Å². The summed E-state index contributed by atoms with van der Waals surface area (Å²) in [5, 5.41) is 1.49. The van der Waals surface area contributed by atoms with Gasteiger partial charge in [-0.15, -0.1) is 0 Å². The fraction of sp³-hybridized carbons (Fsp3) is 0. The van der Waals surface area contributed by atoms with Crippen molar-refractivity contribution in [2.24, 2.45) is 0 Å². The van der Waals surface area contributed by atoms with Gasteiger partial charge in [0.05, 0.1) is 5.69 Å². The van der Waals surface area contributed by atoms with Crippen LogP contribution in [0.1, 0.15) is 32.1 Å². The molecule has 0 saturated carbocycles. The van der Waals surface area contributed by atoms with E-state index in [2.05, 4.69) is 9.97 Å². The molecule has 0 unspecified atom stereocenters. The largest absolute Gasteiger partial charge is 0.289 e. The second-order valence-corrected chi connectivity index (χ2v) is 4.68. The van der Waals surface area contributed by atoms with E-state index in [1.54, 1.807) is 30.5 Å². The zero-order chi connectivity index (χ0) is 13.7. The molecule has 0 radical (unpaired) electrons. The number of aromatic nitrogens is 2. The Balaban J connectivity index is 2.11. The molecule has 0 N–H and O–H groups in total. The highest BCUT2D eigenvalue weighted by Crippen LogP contribution is 2.13. The summed E-state index contributed by atoms with van der Waals surface area (Å²) in [6.45, 7) is 0. The van der Waals surface area contributed by atoms with Crippen LogP contribution in [-0.2, 0) is 0 Å². The van der Waals surface area contributed by atoms with Crippen LogP contribution in [0.5, 0.6) is 0 Å². The van der Waals surface area contributed by atoms with E-state index >= 15 is 0 Å². The van der Waals surface area contributed by atoms with Crippen LogP contribution in [0.15, 0.2) is 36.7 Å². The Hall–Kier alpha value is -2.88. The predicted molar refractivity (Wildman–Crippen MR) is 72.7 cm³/mol. The van der Waals surface area contributed by atoms with Gasteiger partial charge in [0.15, 0.2) is 5.78 Å². The van der Waals surface area contributed by atoms with Gasteiger partial charge in [-0.25, -0.2) is 4.98 Å². The van der Waals surface area contributed by atoms with Crippen molar-refractivity contribution in [3.8, 4) is 0 Å². The average Bonchev–Trinajstić information content (AvgIpc) is 2.47. The first kappa shape index (κ1) is 11.0. The van der Waals surface area contributed by atoms with Crippen LogP contribution in [0.2, 0.25) is 0 Å². The number of fused-ring (bicyclic) bond motifs is 3. The third-order valence-corrected chi connectivity index (χ3v) is 3.49.